The van der Waals surface area contributed by atoms with Gasteiger partial charge in [-0.05, 0) is 25.0 Å². The van der Waals surface area contributed by atoms with Crippen LogP contribution < -0.4 is 11.1 Å². The SMILES string of the molecule is CCC(N)(CC)CNC(=O)c1ccc(F)c(F)c1F.Cl. The largest absolute Gasteiger partial charge is 0.350 e. The predicted octanol–water partition coefficient (Wildman–Crippen LogP) is 2.77. The number of halogens is 4. The lowest BCUT2D eigenvalue weighted by atomic mass is 9.94. The van der Waals surface area contributed by atoms with E-state index in [0.29, 0.717) is 18.9 Å². The standard InChI is InChI=1S/C13H17F3N2O.ClH/c1-3-13(17,4-2)7-18-12(19)8-5-6-9(14)11(16)10(8)15;/h5-6H,3-4,7,17H2,1-2H3,(H,18,19);1H. The Hall–Kier alpha value is -1.27. The minimum absolute atomic E-state index is 0. The Morgan fingerprint density at radius 1 is 1.20 bits per heavy atom. The van der Waals surface area contributed by atoms with Crippen molar-refractivity contribution in [3.05, 3.63) is 35.1 Å². The molecule has 1 aromatic carbocycles. The molecule has 3 nitrogen and oxygen atoms in total. The zero-order valence-corrected chi connectivity index (χ0v) is 12.1. The molecule has 1 amide bonds. The summed E-state index contributed by atoms with van der Waals surface area (Å²) in [4.78, 5) is 11.7. The first-order chi connectivity index (χ1) is 8.84. The third kappa shape index (κ3) is 4.11. The second kappa shape index (κ2) is 7.50. The lowest BCUT2D eigenvalue weighted by Crippen LogP contribution is -2.49. The molecule has 0 saturated heterocycles. The van der Waals surface area contributed by atoms with Gasteiger partial charge >= 0.3 is 0 Å². The summed E-state index contributed by atoms with van der Waals surface area (Å²) in [5.74, 6) is -5.29. The molecule has 1 rings (SSSR count). The van der Waals surface area contributed by atoms with Crippen molar-refractivity contribution < 1.29 is 18.0 Å². The van der Waals surface area contributed by atoms with Crippen LogP contribution in [0.3, 0.4) is 0 Å². The number of nitrogens with two attached hydrogens (primary N) is 1. The van der Waals surface area contributed by atoms with Crippen LogP contribution in [0.2, 0.25) is 0 Å². The molecule has 0 unspecified atom stereocenters. The van der Waals surface area contributed by atoms with Gasteiger partial charge in [-0.15, -0.1) is 12.4 Å². The Labute approximate surface area is 122 Å². The van der Waals surface area contributed by atoms with Crippen molar-refractivity contribution in [1.29, 1.82) is 0 Å². The highest BCUT2D eigenvalue weighted by Gasteiger charge is 2.23. The lowest BCUT2D eigenvalue weighted by molar-refractivity contribution is 0.0937. The van der Waals surface area contributed by atoms with E-state index >= 15 is 0 Å². The van der Waals surface area contributed by atoms with Crippen molar-refractivity contribution in [3.8, 4) is 0 Å². The molecule has 0 heterocycles. The minimum atomic E-state index is -1.65. The fourth-order valence-corrected chi connectivity index (χ4v) is 1.55. The van der Waals surface area contributed by atoms with Crippen molar-refractivity contribution >= 4 is 18.3 Å². The quantitative estimate of drug-likeness (QED) is 0.822. The van der Waals surface area contributed by atoms with Gasteiger partial charge in [0.1, 0.15) is 0 Å². The molecule has 0 aliphatic rings. The summed E-state index contributed by atoms with van der Waals surface area (Å²) in [5, 5.41) is 2.44. The number of carbonyl (C=O) groups is 1. The maximum atomic E-state index is 13.4. The van der Waals surface area contributed by atoms with E-state index in [0.717, 1.165) is 6.07 Å². The second-order valence-electron chi connectivity index (χ2n) is 4.48. The Morgan fingerprint density at radius 2 is 1.75 bits per heavy atom. The molecule has 0 spiro atoms. The van der Waals surface area contributed by atoms with Gasteiger partial charge in [0.2, 0.25) is 0 Å². The molecule has 0 saturated carbocycles. The molecule has 0 bridgehead atoms. The molecule has 0 radical (unpaired) electrons. The third-order valence-electron chi connectivity index (χ3n) is 3.29. The highest BCUT2D eigenvalue weighted by Crippen LogP contribution is 2.15. The number of benzene rings is 1. The van der Waals surface area contributed by atoms with E-state index in [1.165, 1.54) is 0 Å². The van der Waals surface area contributed by atoms with Gasteiger partial charge in [-0.25, -0.2) is 13.2 Å². The van der Waals surface area contributed by atoms with Crippen LogP contribution in [0.1, 0.15) is 37.0 Å². The summed E-state index contributed by atoms with van der Waals surface area (Å²) in [6.45, 7) is 3.87. The molecular formula is C13H18ClF3N2O. The van der Waals surface area contributed by atoms with E-state index in [1.54, 1.807) is 0 Å². The predicted molar refractivity (Wildman–Crippen MR) is 73.4 cm³/mol. The average Bonchev–Trinajstić information content (AvgIpc) is 2.42. The summed E-state index contributed by atoms with van der Waals surface area (Å²) in [6, 6.07) is 1.61. The Kier molecular flexibility index (Phi) is 7.02. The van der Waals surface area contributed by atoms with Crippen LogP contribution in [0.15, 0.2) is 12.1 Å². The molecule has 20 heavy (non-hydrogen) atoms. The molecule has 0 fully saturated rings. The van der Waals surface area contributed by atoms with E-state index in [2.05, 4.69) is 5.32 Å². The number of carbonyl (C=O) groups excluding carboxylic acids is 1. The summed E-state index contributed by atoms with van der Waals surface area (Å²) >= 11 is 0. The minimum Gasteiger partial charge on any atom is -0.350 e. The summed E-state index contributed by atoms with van der Waals surface area (Å²) in [7, 11) is 0. The van der Waals surface area contributed by atoms with Crippen LogP contribution in [0, 0.1) is 17.5 Å². The first kappa shape index (κ1) is 18.7. The molecular weight excluding hydrogens is 293 g/mol. The molecule has 1 aromatic rings. The van der Waals surface area contributed by atoms with E-state index in [-0.39, 0.29) is 19.0 Å². The van der Waals surface area contributed by atoms with Gasteiger partial charge in [-0.2, -0.15) is 0 Å². The van der Waals surface area contributed by atoms with Crippen LogP contribution in [0.4, 0.5) is 13.2 Å². The van der Waals surface area contributed by atoms with Crippen LogP contribution in [-0.2, 0) is 0 Å². The molecule has 0 aliphatic heterocycles. The van der Waals surface area contributed by atoms with Crippen LogP contribution >= 0.6 is 12.4 Å². The molecule has 3 N–H and O–H groups in total. The number of hydrogen-bond donors (Lipinski definition) is 2. The summed E-state index contributed by atoms with van der Waals surface area (Å²) in [5.41, 5.74) is 4.85. The van der Waals surface area contributed by atoms with Gasteiger partial charge in [0, 0.05) is 12.1 Å². The molecule has 0 aromatic heterocycles. The second-order valence-corrected chi connectivity index (χ2v) is 4.48. The maximum Gasteiger partial charge on any atom is 0.254 e. The van der Waals surface area contributed by atoms with Crippen molar-refractivity contribution in [2.75, 3.05) is 6.54 Å². The highest BCUT2D eigenvalue weighted by atomic mass is 35.5. The Morgan fingerprint density at radius 3 is 2.25 bits per heavy atom. The Bertz CT molecular complexity index is 479. The van der Waals surface area contributed by atoms with Crippen molar-refractivity contribution in [1.82, 2.24) is 5.32 Å². The van der Waals surface area contributed by atoms with Crippen molar-refractivity contribution in [2.45, 2.75) is 32.2 Å². The van der Waals surface area contributed by atoms with Crippen LogP contribution in [0.25, 0.3) is 0 Å². The average molecular weight is 311 g/mol. The van der Waals surface area contributed by atoms with E-state index in [4.69, 9.17) is 5.73 Å². The lowest BCUT2D eigenvalue weighted by Gasteiger charge is -2.26. The van der Waals surface area contributed by atoms with Crippen molar-refractivity contribution in [3.63, 3.8) is 0 Å². The summed E-state index contributed by atoms with van der Waals surface area (Å²) < 4.78 is 39.1. The van der Waals surface area contributed by atoms with E-state index in [1.807, 2.05) is 13.8 Å². The molecule has 0 atom stereocenters. The van der Waals surface area contributed by atoms with Crippen molar-refractivity contribution in [2.24, 2.45) is 5.73 Å². The maximum absolute atomic E-state index is 13.4. The first-order valence-electron chi connectivity index (χ1n) is 6.05. The zero-order chi connectivity index (χ0) is 14.6. The van der Waals surface area contributed by atoms with Gasteiger partial charge in [0.05, 0.1) is 5.56 Å². The van der Waals surface area contributed by atoms with Gasteiger partial charge < -0.3 is 11.1 Å². The fraction of sp³-hybridized carbons (Fsp3) is 0.462. The molecule has 7 heteroatoms. The zero-order valence-electron chi connectivity index (χ0n) is 11.3. The van der Waals surface area contributed by atoms with Gasteiger partial charge in [0.15, 0.2) is 17.5 Å². The normalized spacial score (nSPS) is 10.9. The molecule has 0 aliphatic carbocycles. The smallest absolute Gasteiger partial charge is 0.254 e. The number of hydrogen-bond acceptors (Lipinski definition) is 2. The number of rotatable bonds is 5. The van der Waals surface area contributed by atoms with Gasteiger partial charge in [0.25, 0.3) is 5.91 Å². The van der Waals surface area contributed by atoms with Gasteiger partial charge in [-0.3, -0.25) is 4.79 Å². The van der Waals surface area contributed by atoms with Crippen LogP contribution in [-0.4, -0.2) is 18.0 Å². The third-order valence-corrected chi connectivity index (χ3v) is 3.29. The van der Waals surface area contributed by atoms with E-state index in [9.17, 15) is 18.0 Å². The number of nitrogens with one attached hydrogen (secondary N) is 1. The Balaban J connectivity index is 0.00000361. The van der Waals surface area contributed by atoms with Crippen LogP contribution in [0.5, 0.6) is 0 Å². The molecule has 114 valence electrons. The van der Waals surface area contributed by atoms with Gasteiger partial charge in [-0.1, -0.05) is 13.8 Å². The number of amides is 1. The van der Waals surface area contributed by atoms with E-state index < -0.39 is 34.5 Å². The highest BCUT2D eigenvalue weighted by molar-refractivity contribution is 5.94. The summed E-state index contributed by atoms with van der Waals surface area (Å²) in [6.07, 6.45) is 1.26. The topological polar surface area (TPSA) is 55.1 Å². The first-order valence-corrected chi connectivity index (χ1v) is 6.05. The fourth-order valence-electron chi connectivity index (χ4n) is 1.55. The monoisotopic (exact) mass is 310 g/mol.